The Morgan fingerprint density at radius 1 is 1.19 bits per heavy atom. The van der Waals surface area contributed by atoms with Crippen LogP contribution >= 0.6 is 11.6 Å². The van der Waals surface area contributed by atoms with E-state index in [4.69, 9.17) is 20.8 Å². The fraction of sp³-hybridized carbons (Fsp3) is 0.292. The zero-order valence-corrected chi connectivity index (χ0v) is 18.2. The number of nitrogens with one attached hydrogen (secondary N) is 1. The minimum absolute atomic E-state index is 0.115. The van der Waals surface area contributed by atoms with Crippen LogP contribution in [0.1, 0.15) is 28.7 Å². The molecule has 4 rings (SSSR count). The summed E-state index contributed by atoms with van der Waals surface area (Å²) in [7, 11) is 0. The predicted molar refractivity (Wildman–Crippen MR) is 119 cm³/mol. The Labute approximate surface area is 188 Å². The number of halogens is 1. The molecular formula is C24H22ClNO6. The Kier molecular flexibility index (Phi) is 6.19. The van der Waals surface area contributed by atoms with Crippen LogP contribution in [-0.2, 0) is 28.9 Å². The van der Waals surface area contributed by atoms with Gasteiger partial charge in [0.2, 0.25) is 0 Å². The molecule has 3 aromatic rings. The van der Waals surface area contributed by atoms with Gasteiger partial charge in [-0.3, -0.25) is 4.79 Å². The largest absolute Gasteiger partial charge is 0.483 e. The monoisotopic (exact) mass is 455 g/mol. The smallest absolute Gasteiger partial charge is 0.339 e. The van der Waals surface area contributed by atoms with E-state index in [-0.39, 0.29) is 18.7 Å². The Balaban J connectivity index is 1.51. The molecule has 0 saturated carbocycles. The van der Waals surface area contributed by atoms with Gasteiger partial charge in [-0.2, -0.15) is 0 Å². The van der Waals surface area contributed by atoms with Crippen LogP contribution in [0.2, 0.25) is 5.02 Å². The normalized spacial score (nSPS) is 13.6. The molecule has 1 heterocycles. The van der Waals surface area contributed by atoms with Crippen LogP contribution in [0.5, 0.6) is 5.75 Å². The maximum atomic E-state index is 12.5. The quantitative estimate of drug-likeness (QED) is 0.529. The van der Waals surface area contributed by atoms with Crippen molar-refractivity contribution in [1.29, 1.82) is 0 Å². The van der Waals surface area contributed by atoms with Crippen molar-refractivity contribution in [3.05, 3.63) is 74.1 Å². The minimum atomic E-state index is -1.14. The lowest BCUT2D eigenvalue weighted by atomic mass is 10.0. The molecule has 0 saturated heterocycles. The highest BCUT2D eigenvalue weighted by atomic mass is 35.5. The Morgan fingerprint density at radius 2 is 1.91 bits per heavy atom. The molecular weight excluding hydrogens is 434 g/mol. The topological polar surface area (TPSA) is 106 Å². The van der Waals surface area contributed by atoms with Gasteiger partial charge in [0.15, 0.2) is 6.61 Å². The first-order valence-electron chi connectivity index (χ1n) is 10.3. The summed E-state index contributed by atoms with van der Waals surface area (Å²) < 4.78 is 11.3. The van der Waals surface area contributed by atoms with Gasteiger partial charge in [-0.05, 0) is 67.1 Å². The summed E-state index contributed by atoms with van der Waals surface area (Å²) in [4.78, 5) is 36.4. The summed E-state index contributed by atoms with van der Waals surface area (Å²) in [6.45, 7) is 1.48. The number of carboxylic acid groups (broad SMARTS) is 1. The van der Waals surface area contributed by atoms with E-state index in [1.807, 2.05) is 6.92 Å². The summed E-state index contributed by atoms with van der Waals surface area (Å²) in [5, 5.41) is 13.3. The highest BCUT2D eigenvalue weighted by Crippen LogP contribution is 2.35. The summed E-state index contributed by atoms with van der Waals surface area (Å²) in [6.07, 6.45) is 2.37. The number of hydrogen-bond acceptors (Lipinski definition) is 5. The lowest BCUT2D eigenvalue weighted by molar-refractivity contribution is -0.142. The molecule has 1 aromatic heterocycles. The zero-order valence-electron chi connectivity index (χ0n) is 17.4. The molecule has 0 spiro atoms. The molecule has 0 radical (unpaired) electrons. The number of fused-ring (bicyclic) bond motifs is 3. The highest BCUT2D eigenvalue weighted by molar-refractivity contribution is 6.30. The van der Waals surface area contributed by atoms with Gasteiger partial charge in [0, 0.05) is 17.0 Å². The van der Waals surface area contributed by atoms with Crippen molar-refractivity contribution in [2.75, 3.05) is 6.61 Å². The second-order valence-corrected chi connectivity index (χ2v) is 8.35. The second kappa shape index (κ2) is 9.04. The van der Waals surface area contributed by atoms with Crippen LogP contribution in [0.15, 0.2) is 45.6 Å². The minimum Gasteiger partial charge on any atom is -0.483 e. The van der Waals surface area contributed by atoms with Crippen molar-refractivity contribution in [2.24, 2.45) is 0 Å². The zero-order chi connectivity index (χ0) is 22.8. The molecule has 8 heteroatoms. The third-order valence-corrected chi connectivity index (χ3v) is 5.78. The first kappa shape index (κ1) is 21.9. The highest BCUT2D eigenvalue weighted by Gasteiger charge is 2.24. The average molecular weight is 456 g/mol. The van der Waals surface area contributed by atoms with E-state index in [1.165, 1.54) is 0 Å². The first-order chi connectivity index (χ1) is 15.3. The molecule has 166 valence electrons. The fourth-order valence-corrected chi connectivity index (χ4v) is 4.18. The SMILES string of the molecule is Cc1cc(OCC(=O)N[C@@H](Cc2ccc(Cl)cc2)C(=O)O)c2c3c(c(=O)oc2c1)CCC3. The average Bonchev–Trinajstić information content (AvgIpc) is 3.23. The summed E-state index contributed by atoms with van der Waals surface area (Å²) in [6, 6.07) is 9.22. The molecule has 1 aliphatic rings. The Hall–Kier alpha value is -3.32. The van der Waals surface area contributed by atoms with E-state index in [0.29, 0.717) is 33.7 Å². The van der Waals surface area contributed by atoms with Crippen molar-refractivity contribution in [1.82, 2.24) is 5.32 Å². The van der Waals surface area contributed by atoms with Crippen LogP contribution in [0, 0.1) is 6.92 Å². The number of hydrogen-bond donors (Lipinski definition) is 2. The van der Waals surface area contributed by atoms with E-state index < -0.39 is 17.9 Å². The molecule has 1 atom stereocenters. The molecule has 0 bridgehead atoms. The van der Waals surface area contributed by atoms with Crippen molar-refractivity contribution >= 4 is 34.4 Å². The van der Waals surface area contributed by atoms with E-state index >= 15 is 0 Å². The van der Waals surface area contributed by atoms with Gasteiger partial charge < -0.3 is 19.6 Å². The maximum absolute atomic E-state index is 12.5. The maximum Gasteiger partial charge on any atom is 0.339 e. The molecule has 2 aromatic carbocycles. The molecule has 7 nitrogen and oxygen atoms in total. The van der Waals surface area contributed by atoms with Crippen molar-refractivity contribution in [3.63, 3.8) is 0 Å². The third kappa shape index (κ3) is 4.62. The molecule has 2 N–H and O–H groups in total. The molecule has 32 heavy (non-hydrogen) atoms. The van der Waals surface area contributed by atoms with Crippen LogP contribution in [-0.4, -0.2) is 29.6 Å². The Morgan fingerprint density at radius 3 is 2.62 bits per heavy atom. The van der Waals surface area contributed by atoms with Gasteiger partial charge in [-0.15, -0.1) is 0 Å². The lowest BCUT2D eigenvalue weighted by Crippen LogP contribution is -2.44. The van der Waals surface area contributed by atoms with E-state index in [9.17, 15) is 19.5 Å². The Bertz CT molecular complexity index is 1250. The number of carboxylic acids is 1. The van der Waals surface area contributed by atoms with E-state index in [1.54, 1.807) is 36.4 Å². The summed E-state index contributed by atoms with van der Waals surface area (Å²) in [5.41, 5.74) is 3.21. The van der Waals surface area contributed by atoms with E-state index in [2.05, 4.69) is 5.32 Å². The number of carbonyl (C=O) groups is 2. The number of rotatable bonds is 7. The van der Waals surface area contributed by atoms with Crippen LogP contribution in [0.4, 0.5) is 0 Å². The van der Waals surface area contributed by atoms with Gasteiger partial charge in [0.05, 0.1) is 5.39 Å². The van der Waals surface area contributed by atoms with E-state index in [0.717, 1.165) is 29.5 Å². The number of ether oxygens (including phenoxy) is 1. The first-order valence-corrected chi connectivity index (χ1v) is 10.7. The summed E-state index contributed by atoms with van der Waals surface area (Å²) in [5.74, 6) is -1.26. The molecule has 1 amide bonds. The number of aliphatic carboxylic acids is 1. The number of aryl methyl sites for hydroxylation is 2. The fourth-order valence-electron chi connectivity index (χ4n) is 4.05. The van der Waals surface area contributed by atoms with Crippen LogP contribution < -0.4 is 15.7 Å². The molecule has 0 unspecified atom stereocenters. The van der Waals surface area contributed by atoms with Gasteiger partial charge >= 0.3 is 11.6 Å². The lowest BCUT2D eigenvalue weighted by Gasteiger charge is -2.16. The number of carbonyl (C=O) groups excluding carboxylic acids is 1. The van der Waals surface area contributed by atoms with Crippen molar-refractivity contribution in [3.8, 4) is 5.75 Å². The molecule has 1 aliphatic carbocycles. The second-order valence-electron chi connectivity index (χ2n) is 7.91. The molecule has 0 fully saturated rings. The summed E-state index contributed by atoms with van der Waals surface area (Å²) >= 11 is 5.86. The predicted octanol–water partition coefficient (Wildman–Crippen LogP) is 3.43. The number of benzene rings is 2. The van der Waals surface area contributed by atoms with Crippen molar-refractivity contribution < 1.29 is 23.8 Å². The van der Waals surface area contributed by atoms with Gasteiger partial charge in [-0.25, -0.2) is 9.59 Å². The third-order valence-electron chi connectivity index (χ3n) is 5.52. The van der Waals surface area contributed by atoms with Gasteiger partial charge in [0.1, 0.15) is 17.4 Å². The van der Waals surface area contributed by atoms with Crippen molar-refractivity contribution in [2.45, 2.75) is 38.6 Å². The van der Waals surface area contributed by atoms with Gasteiger partial charge in [0.25, 0.3) is 5.91 Å². The standard InChI is InChI=1S/C24H22ClNO6/c1-13-9-19(22-16-3-2-4-17(16)24(30)32-20(22)10-13)31-12-21(27)26-18(23(28)29)11-14-5-7-15(25)8-6-14/h5-10,18H,2-4,11-12H2,1H3,(H,26,27)(H,28,29)/t18-/m0/s1. The van der Waals surface area contributed by atoms with Gasteiger partial charge in [-0.1, -0.05) is 23.7 Å². The molecule has 0 aliphatic heterocycles. The number of amides is 1. The van der Waals surface area contributed by atoms with Crippen LogP contribution in [0.25, 0.3) is 11.0 Å². The van der Waals surface area contributed by atoms with Crippen LogP contribution in [0.3, 0.4) is 0 Å².